The second-order valence-electron chi connectivity index (χ2n) is 4.21. The number of halogens is 2. The number of hydrogen-bond acceptors (Lipinski definition) is 3. The van der Waals surface area contributed by atoms with E-state index in [-0.39, 0.29) is 17.0 Å². The molecule has 1 aromatic heterocycles. The zero-order chi connectivity index (χ0) is 14.3. The van der Waals surface area contributed by atoms with E-state index in [2.05, 4.69) is 4.98 Å². The van der Waals surface area contributed by atoms with E-state index < -0.39 is 11.6 Å². The van der Waals surface area contributed by atoms with Crippen molar-refractivity contribution >= 4 is 17.0 Å². The number of nitrogens with two attached hydrogens (primary N) is 1. The summed E-state index contributed by atoms with van der Waals surface area (Å²) in [6.07, 6.45) is 0. The van der Waals surface area contributed by atoms with Gasteiger partial charge in [-0.1, -0.05) is 12.1 Å². The van der Waals surface area contributed by atoms with Crippen molar-refractivity contribution in [2.75, 3.05) is 12.8 Å². The van der Waals surface area contributed by atoms with Gasteiger partial charge in [-0.15, -0.1) is 0 Å². The van der Waals surface area contributed by atoms with Crippen LogP contribution in [-0.4, -0.2) is 16.7 Å². The molecule has 0 bridgehead atoms. The van der Waals surface area contributed by atoms with Crippen molar-refractivity contribution < 1.29 is 13.5 Å². The molecule has 0 unspecified atom stereocenters. The van der Waals surface area contributed by atoms with Crippen LogP contribution < -0.4 is 10.5 Å². The topological polar surface area (TPSA) is 53.1 Å². The van der Waals surface area contributed by atoms with Gasteiger partial charge in [-0.2, -0.15) is 0 Å². The van der Waals surface area contributed by atoms with Gasteiger partial charge >= 0.3 is 0 Å². The molecular weight excluding hydrogens is 264 g/mol. The molecule has 0 aliphatic carbocycles. The summed E-state index contributed by atoms with van der Waals surface area (Å²) in [6, 6.07) is 9.33. The third kappa shape index (κ3) is 1.69. The third-order valence-electron chi connectivity index (χ3n) is 3.06. The highest BCUT2D eigenvalue weighted by Gasteiger charge is 2.19. The van der Waals surface area contributed by atoms with Crippen molar-refractivity contribution in [1.82, 2.24) is 9.55 Å². The molecule has 0 amide bonds. The number of fused-ring (bicyclic) bond motifs is 1. The van der Waals surface area contributed by atoms with E-state index in [4.69, 9.17) is 10.5 Å². The van der Waals surface area contributed by atoms with E-state index in [0.29, 0.717) is 11.4 Å². The summed E-state index contributed by atoms with van der Waals surface area (Å²) >= 11 is 0. The monoisotopic (exact) mass is 275 g/mol. The number of imidazole rings is 1. The molecule has 0 atom stereocenters. The minimum atomic E-state index is -0.988. The Balaban J connectivity index is 2.42. The first-order valence-electron chi connectivity index (χ1n) is 5.89. The number of anilines is 1. The highest BCUT2D eigenvalue weighted by Crippen LogP contribution is 2.31. The molecule has 0 aliphatic heterocycles. The lowest BCUT2D eigenvalue weighted by Crippen LogP contribution is -2.04. The van der Waals surface area contributed by atoms with Crippen molar-refractivity contribution in [2.45, 2.75) is 0 Å². The van der Waals surface area contributed by atoms with Crippen LogP contribution in [0.25, 0.3) is 16.7 Å². The minimum Gasteiger partial charge on any atom is -0.495 e. The van der Waals surface area contributed by atoms with Crippen LogP contribution in [-0.2, 0) is 0 Å². The van der Waals surface area contributed by atoms with Crippen molar-refractivity contribution in [2.24, 2.45) is 0 Å². The fourth-order valence-electron chi connectivity index (χ4n) is 2.18. The molecule has 1 heterocycles. The predicted octanol–water partition coefficient (Wildman–Crippen LogP) is 2.89. The Labute approximate surface area is 113 Å². The second kappa shape index (κ2) is 4.48. The first-order valence-corrected chi connectivity index (χ1v) is 5.89. The second-order valence-corrected chi connectivity index (χ2v) is 4.21. The standard InChI is InChI=1S/C14H11F2N3O/c1-20-11-5-3-2-4-10(11)19-13-9(18-14(19)17)7-6-8(15)12(13)16/h2-7H,1H3,(H2,17,18). The van der Waals surface area contributed by atoms with Gasteiger partial charge in [0.15, 0.2) is 11.6 Å². The molecule has 4 nitrogen and oxygen atoms in total. The van der Waals surface area contributed by atoms with Gasteiger partial charge in [0, 0.05) is 0 Å². The molecule has 102 valence electrons. The van der Waals surface area contributed by atoms with E-state index in [9.17, 15) is 8.78 Å². The minimum absolute atomic E-state index is 0.00741. The molecule has 0 aliphatic rings. The fraction of sp³-hybridized carbons (Fsp3) is 0.0714. The molecule has 0 fully saturated rings. The molecule has 2 aromatic carbocycles. The highest BCUT2D eigenvalue weighted by molar-refractivity contribution is 5.82. The summed E-state index contributed by atoms with van der Waals surface area (Å²) in [5.41, 5.74) is 6.61. The lowest BCUT2D eigenvalue weighted by Gasteiger charge is -2.11. The average molecular weight is 275 g/mol. The van der Waals surface area contributed by atoms with Gasteiger partial charge in [0.25, 0.3) is 0 Å². The number of nitrogens with zero attached hydrogens (tertiary/aromatic N) is 2. The maximum atomic E-state index is 14.1. The summed E-state index contributed by atoms with van der Waals surface area (Å²) < 4.78 is 34.1. The molecule has 2 N–H and O–H groups in total. The molecule has 3 aromatic rings. The van der Waals surface area contributed by atoms with Gasteiger partial charge in [0.1, 0.15) is 11.3 Å². The zero-order valence-corrected chi connectivity index (χ0v) is 10.6. The maximum absolute atomic E-state index is 14.1. The first kappa shape index (κ1) is 12.4. The average Bonchev–Trinajstić information content (AvgIpc) is 2.80. The summed E-state index contributed by atoms with van der Waals surface area (Å²) in [7, 11) is 1.49. The fourth-order valence-corrected chi connectivity index (χ4v) is 2.18. The molecule has 0 spiro atoms. The van der Waals surface area contributed by atoms with E-state index in [1.807, 2.05) is 0 Å². The summed E-state index contributed by atoms with van der Waals surface area (Å²) in [5, 5.41) is 0. The van der Waals surface area contributed by atoms with Gasteiger partial charge in [-0.3, -0.25) is 4.57 Å². The van der Waals surface area contributed by atoms with Crippen LogP contribution >= 0.6 is 0 Å². The normalized spacial score (nSPS) is 10.9. The van der Waals surface area contributed by atoms with Gasteiger partial charge in [0.05, 0.1) is 18.3 Å². The van der Waals surface area contributed by atoms with Crippen molar-refractivity contribution in [3.8, 4) is 11.4 Å². The van der Waals surface area contributed by atoms with Crippen LogP contribution in [0.1, 0.15) is 0 Å². The lowest BCUT2D eigenvalue weighted by atomic mass is 10.2. The first-order chi connectivity index (χ1) is 9.63. The quantitative estimate of drug-likeness (QED) is 0.782. The van der Waals surface area contributed by atoms with E-state index >= 15 is 0 Å². The van der Waals surface area contributed by atoms with Gasteiger partial charge in [-0.25, -0.2) is 13.8 Å². The summed E-state index contributed by atoms with van der Waals surface area (Å²) in [4.78, 5) is 4.05. The van der Waals surface area contributed by atoms with Gasteiger partial charge in [-0.05, 0) is 24.3 Å². The van der Waals surface area contributed by atoms with Crippen molar-refractivity contribution in [3.63, 3.8) is 0 Å². The van der Waals surface area contributed by atoms with E-state index in [1.165, 1.54) is 17.7 Å². The number of hydrogen-bond donors (Lipinski definition) is 1. The Kier molecular flexibility index (Phi) is 2.78. The van der Waals surface area contributed by atoms with Crippen LogP contribution in [0.4, 0.5) is 14.7 Å². The SMILES string of the molecule is COc1ccccc1-n1c(N)nc2ccc(F)c(F)c21. The number of benzene rings is 2. The molecule has 0 radical (unpaired) electrons. The van der Waals surface area contributed by atoms with Gasteiger partial charge in [0.2, 0.25) is 5.95 Å². The molecule has 20 heavy (non-hydrogen) atoms. The molecule has 0 saturated heterocycles. The summed E-state index contributed by atoms with van der Waals surface area (Å²) in [5.74, 6) is -1.39. The Morgan fingerprint density at radius 3 is 2.65 bits per heavy atom. The molecular formula is C14H11F2N3O. The zero-order valence-electron chi connectivity index (χ0n) is 10.6. The van der Waals surface area contributed by atoms with Crippen molar-refractivity contribution in [3.05, 3.63) is 48.0 Å². The van der Waals surface area contributed by atoms with Crippen LogP contribution in [0.15, 0.2) is 36.4 Å². The van der Waals surface area contributed by atoms with Crippen LogP contribution in [0.3, 0.4) is 0 Å². The van der Waals surface area contributed by atoms with Gasteiger partial charge < -0.3 is 10.5 Å². The third-order valence-corrected chi connectivity index (χ3v) is 3.06. The Bertz CT molecular complexity index is 798. The van der Waals surface area contributed by atoms with Crippen LogP contribution in [0.5, 0.6) is 5.75 Å². The number of para-hydroxylation sites is 2. The largest absolute Gasteiger partial charge is 0.495 e. The number of methoxy groups -OCH3 is 1. The number of aromatic nitrogens is 2. The van der Waals surface area contributed by atoms with Crippen molar-refractivity contribution in [1.29, 1.82) is 0 Å². The smallest absolute Gasteiger partial charge is 0.206 e. The van der Waals surface area contributed by atoms with E-state index in [0.717, 1.165) is 6.07 Å². The Morgan fingerprint density at radius 1 is 1.15 bits per heavy atom. The van der Waals surface area contributed by atoms with Crippen LogP contribution in [0.2, 0.25) is 0 Å². The highest BCUT2D eigenvalue weighted by atomic mass is 19.2. The lowest BCUT2D eigenvalue weighted by molar-refractivity contribution is 0.413. The maximum Gasteiger partial charge on any atom is 0.206 e. The molecule has 6 heteroatoms. The van der Waals surface area contributed by atoms with E-state index in [1.54, 1.807) is 24.3 Å². The molecule has 0 saturated carbocycles. The number of nitrogen functional groups attached to an aromatic ring is 1. The predicted molar refractivity (Wildman–Crippen MR) is 72.0 cm³/mol. The molecule has 3 rings (SSSR count). The number of rotatable bonds is 2. The van der Waals surface area contributed by atoms with Crippen LogP contribution in [0, 0.1) is 11.6 Å². The summed E-state index contributed by atoms with van der Waals surface area (Å²) in [6.45, 7) is 0. The Morgan fingerprint density at radius 2 is 1.90 bits per heavy atom. The number of ether oxygens (including phenoxy) is 1. The Hall–Kier alpha value is -2.63.